The van der Waals surface area contributed by atoms with Gasteiger partial charge in [0.1, 0.15) is 6.10 Å². The molecule has 4 aliphatic carbocycles. The summed E-state index contributed by atoms with van der Waals surface area (Å²) in [5.41, 5.74) is 9.19. The fraction of sp³-hybridized carbons (Fsp3) is 0.724. The Bertz CT molecular complexity index is 928. The zero-order valence-corrected chi connectivity index (χ0v) is 21.6. The van der Waals surface area contributed by atoms with Crippen molar-refractivity contribution in [1.82, 2.24) is 0 Å². The van der Waals surface area contributed by atoms with E-state index in [0.29, 0.717) is 23.7 Å². The van der Waals surface area contributed by atoms with E-state index in [-0.39, 0.29) is 28.9 Å². The van der Waals surface area contributed by atoms with Gasteiger partial charge in [-0.15, -0.1) is 0 Å². The number of esters is 1. The molecule has 4 aliphatic rings. The van der Waals surface area contributed by atoms with Gasteiger partial charge in [-0.25, -0.2) is 4.79 Å². The summed E-state index contributed by atoms with van der Waals surface area (Å²) in [4.78, 5) is 24.6. The van der Waals surface area contributed by atoms with Crippen molar-refractivity contribution in [3.63, 3.8) is 0 Å². The van der Waals surface area contributed by atoms with Crippen LogP contribution >= 0.6 is 0 Å². The Hall–Kier alpha value is -1.88. The summed E-state index contributed by atoms with van der Waals surface area (Å²) in [6.45, 7) is 10.2. The normalized spacial score (nSPS) is 42.9. The lowest BCUT2D eigenvalue weighted by atomic mass is 9.43. The van der Waals surface area contributed by atoms with Crippen LogP contribution in [0.5, 0.6) is 0 Å². The second kappa shape index (κ2) is 9.29. The molecule has 0 aromatic heterocycles. The van der Waals surface area contributed by atoms with Gasteiger partial charge >= 0.3 is 11.9 Å². The number of allylic oxidation sites excluding steroid dienone is 3. The molecule has 3 unspecified atom stereocenters. The first-order valence-corrected chi connectivity index (χ1v) is 13.2. The highest BCUT2D eigenvalue weighted by Gasteiger charge is 2.64. The number of carbonyl (C=O) groups is 2. The summed E-state index contributed by atoms with van der Waals surface area (Å²) < 4.78 is 5.83. The molecule has 0 aromatic rings. The van der Waals surface area contributed by atoms with Gasteiger partial charge in [0, 0.05) is 18.9 Å². The highest BCUT2D eigenvalue weighted by molar-refractivity contribution is 5.91. The molecule has 5 heteroatoms. The topological polar surface area (TPSA) is 89.6 Å². The van der Waals surface area contributed by atoms with Crippen molar-refractivity contribution < 1.29 is 19.4 Å². The maximum Gasteiger partial charge on any atom is 0.335 e. The van der Waals surface area contributed by atoms with Crippen molar-refractivity contribution in [3.8, 4) is 0 Å². The Morgan fingerprint density at radius 2 is 1.79 bits per heavy atom. The molecule has 0 aromatic carbocycles. The summed E-state index contributed by atoms with van der Waals surface area (Å²) in [5, 5.41) is 10.2. The number of nitrogens with two attached hydrogens (primary N) is 1. The molecule has 0 spiro atoms. The van der Waals surface area contributed by atoms with Crippen LogP contribution in [-0.2, 0) is 14.3 Å². The highest BCUT2D eigenvalue weighted by Crippen LogP contribution is 2.68. The Kier molecular flexibility index (Phi) is 6.89. The van der Waals surface area contributed by atoms with Crippen LogP contribution in [0.3, 0.4) is 0 Å². The number of ether oxygens (including phenoxy) is 1. The first-order chi connectivity index (χ1) is 16.0. The third-order valence-electron chi connectivity index (χ3n) is 9.97. The van der Waals surface area contributed by atoms with Crippen LogP contribution in [0.4, 0.5) is 0 Å². The molecule has 0 saturated heterocycles. The minimum atomic E-state index is -0.980. The monoisotopic (exact) mass is 469 g/mol. The summed E-state index contributed by atoms with van der Waals surface area (Å²) in [6.07, 6.45) is 14.1. The van der Waals surface area contributed by atoms with Crippen molar-refractivity contribution in [3.05, 3.63) is 34.9 Å². The molecule has 4 rings (SSSR count). The zero-order valence-electron chi connectivity index (χ0n) is 21.6. The van der Waals surface area contributed by atoms with Gasteiger partial charge in [0.25, 0.3) is 0 Å². The number of hydrogen-bond acceptors (Lipinski definition) is 4. The number of hydrogen-bond donors (Lipinski definition) is 2. The average Bonchev–Trinajstić information content (AvgIpc) is 3.03. The van der Waals surface area contributed by atoms with E-state index in [1.54, 1.807) is 12.2 Å². The van der Waals surface area contributed by atoms with Gasteiger partial charge in [0.15, 0.2) is 0 Å². The van der Waals surface area contributed by atoms with Gasteiger partial charge in [0.05, 0.1) is 5.57 Å². The molecule has 0 heterocycles. The van der Waals surface area contributed by atoms with Gasteiger partial charge in [-0.05, 0) is 92.6 Å². The molecule has 0 amide bonds. The third kappa shape index (κ3) is 4.19. The van der Waals surface area contributed by atoms with Crippen molar-refractivity contribution in [2.75, 3.05) is 0 Å². The SMILES string of the molecule is CC(=O)O[C@H]1C[C@@]2(C)C(/C1=C(\C=C\C=C(C)C)C(=O)O)[C@H](N)C[C@@H]1C2CCC2CCCC[C@@]21C. The average molecular weight is 470 g/mol. The predicted molar refractivity (Wildman–Crippen MR) is 134 cm³/mol. The number of fused-ring (bicyclic) bond motifs is 5. The number of rotatable bonds is 4. The number of carbonyl (C=O) groups excluding carboxylic acids is 1. The van der Waals surface area contributed by atoms with E-state index in [1.807, 2.05) is 19.9 Å². The fourth-order valence-corrected chi connectivity index (χ4v) is 8.65. The maximum absolute atomic E-state index is 12.5. The molecule has 5 nitrogen and oxygen atoms in total. The number of carboxylic acids is 1. The smallest absolute Gasteiger partial charge is 0.335 e. The zero-order chi connectivity index (χ0) is 24.8. The Balaban J connectivity index is 1.81. The van der Waals surface area contributed by atoms with Gasteiger partial charge < -0.3 is 15.6 Å². The van der Waals surface area contributed by atoms with E-state index in [9.17, 15) is 14.7 Å². The van der Waals surface area contributed by atoms with Gasteiger partial charge in [-0.2, -0.15) is 0 Å². The summed E-state index contributed by atoms with van der Waals surface area (Å²) >= 11 is 0. The largest absolute Gasteiger partial charge is 0.478 e. The van der Waals surface area contributed by atoms with E-state index in [0.717, 1.165) is 23.5 Å². The highest BCUT2D eigenvalue weighted by atomic mass is 16.5. The summed E-state index contributed by atoms with van der Waals surface area (Å²) in [5.74, 6) is 0.364. The molecular weight excluding hydrogens is 426 g/mol. The lowest BCUT2D eigenvalue weighted by Crippen LogP contribution is -2.58. The van der Waals surface area contributed by atoms with Crippen LogP contribution in [-0.4, -0.2) is 29.2 Å². The number of aliphatic carboxylic acids is 1. The fourth-order valence-electron chi connectivity index (χ4n) is 8.65. The van der Waals surface area contributed by atoms with E-state index >= 15 is 0 Å². The second-order valence-electron chi connectivity index (χ2n) is 12.2. The summed E-state index contributed by atoms with van der Waals surface area (Å²) in [7, 11) is 0. The lowest BCUT2D eigenvalue weighted by molar-refractivity contribution is -0.146. The van der Waals surface area contributed by atoms with Gasteiger partial charge in [0.2, 0.25) is 0 Å². The standard InChI is InChI=1S/C29H43NO4/c1-17(2)9-8-11-20(27(32)33)25-24(34-18(3)31)16-29(5)21-13-12-19-10-6-7-14-28(19,4)22(21)15-23(30)26(25)29/h8-9,11,19,21-24,26H,6-7,10,12-16,30H2,1-5H3,(H,32,33)/b11-8+,25-20+/t19?,21?,22-,23-,24+,26?,28+,29-/m1/s1. The van der Waals surface area contributed by atoms with Crippen LogP contribution in [0.1, 0.15) is 86.0 Å². The van der Waals surface area contributed by atoms with Crippen LogP contribution in [0.25, 0.3) is 0 Å². The Morgan fingerprint density at radius 3 is 2.44 bits per heavy atom. The van der Waals surface area contributed by atoms with Crippen LogP contribution in [0, 0.1) is 34.5 Å². The molecule has 34 heavy (non-hydrogen) atoms. The van der Waals surface area contributed by atoms with Crippen molar-refractivity contribution in [2.45, 2.75) is 98.1 Å². The third-order valence-corrected chi connectivity index (χ3v) is 9.97. The van der Waals surface area contributed by atoms with Crippen LogP contribution in [0.15, 0.2) is 34.9 Å². The molecule has 4 fully saturated rings. The Labute approximate surface area is 204 Å². The Morgan fingerprint density at radius 1 is 1.06 bits per heavy atom. The number of carboxylic acid groups (broad SMARTS) is 1. The molecule has 188 valence electrons. The molecule has 4 saturated carbocycles. The first kappa shape index (κ1) is 25.2. The van der Waals surface area contributed by atoms with Crippen molar-refractivity contribution >= 4 is 11.9 Å². The van der Waals surface area contributed by atoms with E-state index < -0.39 is 12.1 Å². The first-order valence-electron chi connectivity index (χ1n) is 13.2. The molecule has 8 atom stereocenters. The molecular formula is C29H43NO4. The van der Waals surface area contributed by atoms with E-state index in [1.165, 1.54) is 45.4 Å². The lowest BCUT2D eigenvalue weighted by Gasteiger charge is -2.62. The summed E-state index contributed by atoms with van der Waals surface area (Å²) in [6, 6.07) is -0.134. The minimum absolute atomic E-state index is 0.0932. The van der Waals surface area contributed by atoms with E-state index in [4.69, 9.17) is 10.5 Å². The predicted octanol–water partition coefficient (Wildman–Crippen LogP) is 5.80. The van der Waals surface area contributed by atoms with Gasteiger partial charge in [-0.1, -0.05) is 44.4 Å². The molecule has 0 aliphatic heterocycles. The molecule has 0 bridgehead atoms. The van der Waals surface area contributed by atoms with Crippen LogP contribution in [0.2, 0.25) is 0 Å². The molecule has 3 N–H and O–H groups in total. The van der Waals surface area contributed by atoms with Crippen LogP contribution < -0.4 is 5.73 Å². The maximum atomic E-state index is 12.5. The quantitative estimate of drug-likeness (QED) is 0.308. The molecule has 0 radical (unpaired) electrons. The van der Waals surface area contributed by atoms with Crippen molar-refractivity contribution in [1.29, 1.82) is 0 Å². The second-order valence-corrected chi connectivity index (χ2v) is 12.2. The van der Waals surface area contributed by atoms with Crippen molar-refractivity contribution in [2.24, 2.45) is 40.2 Å². The van der Waals surface area contributed by atoms with Gasteiger partial charge in [-0.3, -0.25) is 4.79 Å². The van der Waals surface area contributed by atoms with E-state index in [2.05, 4.69) is 13.8 Å². The minimum Gasteiger partial charge on any atom is -0.478 e.